The molecule has 0 radical (unpaired) electrons. The van der Waals surface area contributed by atoms with E-state index in [1.807, 2.05) is 50.4 Å². The molecule has 0 amide bonds. The minimum absolute atomic E-state index is 0.186. The maximum Gasteiger partial charge on any atom is 0.215 e. The van der Waals surface area contributed by atoms with Crippen LogP contribution in [-0.2, 0) is 0 Å². The van der Waals surface area contributed by atoms with Crippen molar-refractivity contribution >= 4 is 39.1 Å². The van der Waals surface area contributed by atoms with Crippen molar-refractivity contribution in [2.75, 3.05) is 25.1 Å². The summed E-state index contributed by atoms with van der Waals surface area (Å²) in [6.07, 6.45) is 4.27. The van der Waals surface area contributed by atoms with Gasteiger partial charge in [0.1, 0.15) is 11.3 Å². The molecule has 0 spiro atoms. The second-order valence-electron chi connectivity index (χ2n) is 8.65. The summed E-state index contributed by atoms with van der Waals surface area (Å²) < 4.78 is 5.53. The minimum Gasteiger partial charge on any atom is -0.508 e. The number of aromatic hydroxyl groups is 1. The lowest BCUT2D eigenvalue weighted by atomic mass is 9.98. The summed E-state index contributed by atoms with van der Waals surface area (Å²) in [7, 11) is 1.64. The van der Waals surface area contributed by atoms with Crippen molar-refractivity contribution in [2.45, 2.75) is 38.8 Å². The van der Waals surface area contributed by atoms with Gasteiger partial charge in [0, 0.05) is 53.4 Å². The first-order valence-electron chi connectivity index (χ1n) is 11.9. The maximum absolute atomic E-state index is 10.3. The number of methoxy groups -OCH3 is 1. The molecular formula is C27H29ClN4O2. The van der Waals surface area contributed by atoms with E-state index in [1.165, 1.54) is 12.8 Å². The zero-order chi connectivity index (χ0) is 23.8. The lowest BCUT2D eigenvalue weighted by molar-refractivity contribution is 0.399. The van der Waals surface area contributed by atoms with Gasteiger partial charge in [0.25, 0.3) is 0 Å². The summed E-state index contributed by atoms with van der Waals surface area (Å²) in [5, 5.41) is 16.4. The largest absolute Gasteiger partial charge is 0.508 e. The number of aromatic nitrogens is 2. The molecule has 176 valence electrons. The van der Waals surface area contributed by atoms with Crippen LogP contribution in [0.1, 0.15) is 26.7 Å². The summed E-state index contributed by atoms with van der Waals surface area (Å²) in [6.45, 7) is 5.91. The molecule has 6 nitrogen and oxygen atoms in total. The summed E-state index contributed by atoms with van der Waals surface area (Å²) in [5.41, 5.74) is 4.33. The third-order valence-corrected chi connectivity index (χ3v) is 6.90. The maximum atomic E-state index is 10.3. The van der Waals surface area contributed by atoms with Crippen LogP contribution in [-0.4, -0.2) is 47.4 Å². The summed E-state index contributed by atoms with van der Waals surface area (Å²) >= 11 is 6.54. The smallest absolute Gasteiger partial charge is 0.215 e. The number of nitrogens with zero attached hydrogens (tertiary/aromatic N) is 3. The number of pyridine rings is 2. The van der Waals surface area contributed by atoms with Gasteiger partial charge >= 0.3 is 0 Å². The Balaban J connectivity index is 0.00000117. The van der Waals surface area contributed by atoms with E-state index in [0.717, 1.165) is 51.7 Å². The zero-order valence-electron chi connectivity index (χ0n) is 19.7. The van der Waals surface area contributed by atoms with Crippen LogP contribution < -0.4 is 15.0 Å². The number of rotatable bonds is 3. The normalized spacial score (nSPS) is 19.2. The molecule has 2 aromatic carbocycles. The van der Waals surface area contributed by atoms with Crippen LogP contribution >= 0.6 is 11.6 Å². The molecule has 4 aromatic rings. The Bertz CT molecular complexity index is 1350. The van der Waals surface area contributed by atoms with Gasteiger partial charge in [0.15, 0.2) is 0 Å². The van der Waals surface area contributed by atoms with Crippen molar-refractivity contribution in [3.05, 3.63) is 53.7 Å². The van der Waals surface area contributed by atoms with Gasteiger partial charge < -0.3 is 20.1 Å². The average molecular weight is 477 g/mol. The number of anilines is 1. The zero-order valence-corrected chi connectivity index (χ0v) is 20.4. The first kappa shape index (κ1) is 22.7. The molecule has 6 rings (SSSR count). The predicted molar refractivity (Wildman–Crippen MR) is 139 cm³/mol. The molecule has 34 heavy (non-hydrogen) atoms. The Morgan fingerprint density at radius 2 is 1.85 bits per heavy atom. The SMILES string of the molecule is CC.COc1cc(N2CC3CCC(C2)N3)c2ncc(-c3cc(O)cc4cccc(Cl)c34)cc2n1. The Hall–Kier alpha value is -3.09. The van der Waals surface area contributed by atoms with Gasteiger partial charge in [0.05, 0.1) is 18.3 Å². The lowest BCUT2D eigenvalue weighted by Gasteiger charge is -2.35. The van der Waals surface area contributed by atoms with Gasteiger partial charge in [-0.2, -0.15) is 0 Å². The number of piperazine rings is 1. The molecule has 2 N–H and O–H groups in total. The number of hydrogen-bond acceptors (Lipinski definition) is 6. The average Bonchev–Trinajstić information content (AvgIpc) is 3.20. The quantitative estimate of drug-likeness (QED) is 0.390. The van der Waals surface area contributed by atoms with Crippen LogP contribution in [0.2, 0.25) is 5.02 Å². The van der Waals surface area contributed by atoms with Gasteiger partial charge in [-0.1, -0.05) is 37.6 Å². The van der Waals surface area contributed by atoms with Crippen molar-refractivity contribution in [2.24, 2.45) is 0 Å². The van der Waals surface area contributed by atoms with E-state index in [0.29, 0.717) is 23.0 Å². The highest BCUT2D eigenvalue weighted by atomic mass is 35.5. The fraction of sp³-hybridized carbons (Fsp3) is 0.333. The lowest BCUT2D eigenvalue weighted by Crippen LogP contribution is -2.51. The van der Waals surface area contributed by atoms with Crippen molar-refractivity contribution < 1.29 is 9.84 Å². The fourth-order valence-corrected chi connectivity index (χ4v) is 5.44. The van der Waals surface area contributed by atoms with Crippen LogP contribution in [0, 0.1) is 0 Å². The number of fused-ring (bicyclic) bond motifs is 4. The van der Waals surface area contributed by atoms with E-state index >= 15 is 0 Å². The molecule has 0 aliphatic carbocycles. The first-order chi connectivity index (χ1) is 16.6. The highest BCUT2D eigenvalue weighted by Crippen LogP contribution is 2.39. The number of phenols is 1. The minimum atomic E-state index is 0.186. The Labute approximate surface area is 204 Å². The van der Waals surface area contributed by atoms with Crippen LogP contribution in [0.5, 0.6) is 11.6 Å². The van der Waals surface area contributed by atoms with Gasteiger partial charge in [-0.3, -0.25) is 4.98 Å². The topological polar surface area (TPSA) is 70.5 Å². The number of nitrogens with one attached hydrogen (secondary N) is 1. The molecule has 2 aliphatic heterocycles. The molecule has 0 saturated carbocycles. The second kappa shape index (κ2) is 9.28. The van der Waals surface area contributed by atoms with Crippen LogP contribution in [0.4, 0.5) is 5.69 Å². The molecule has 2 fully saturated rings. The van der Waals surface area contributed by atoms with E-state index in [1.54, 1.807) is 19.2 Å². The molecule has 2 saturated heterocycles. The second-order valence-corrected chi connectivity index (χ2v) is 9.06. The molecule has 2 unspecified atom stereocenters. The van der Waals surface area contributed by atoms with E-state index in [9.17, 15) is 5.11 Å². The van der Waals surface area contributed by atoms with Crippen LogP contribution in [0.25, 0.3) is 32.9 Å². The van der Waals surface area contributed by atoms with Crippen LogP contribution in [0.15, 0.2) is 48.7 Å². The highest BCUT2D eigenvalue weighted by Gasteiger charge is 2.33. The number of phenolic OH excluding ortho intramolecular Hbond substituents is 1. The molecule has 2 aromatic heterocycles. The van der Waals surface area contributed by atoms with Crippen molar-refractivity contribution in [3.63, 3.8) is 0 Å². The third kappa shape index (κ3) is 4.01. The number of ether oxygens (including phenoxy) is 1. The summed E-state index contributed by atoms with van der Waals surface area (Å²) in [5.74, 6) is 0.751. The predicted octanol–water partition coefficient (Wildman–Crippen LogP) is 5.78. The first-order valence-corrected chi connectivity index (χ1v) is 12.2. The van der Waals surface area contributed by atoms with Gasteiger partial charge in [0.2, 0.25) is 5.88 Å². The van der Waals surface area contributed by atoms with Crippen LogP contribution in [0.3, 0.4) is 0 Å². The molecule has 2 aliphatic rings. The Morgan fingerprint density at radius 1 is 1.09 bits per heavy atom. The van der Waals surface area contributed by atoms with E-state index < -0.39 is 0 Å². The summed E-state index contributed by atoms with van der Waals surface area (Å²) in [4.78, 5) is 11.9. The van der Waals surface area contributed by atoms with E-state index in [-0.39, 0.29) is 5.75 Å². The highest BCUT2D eigenvalue weighted by molar-refractivity contribution is 6.36. The van der Waals surface area contributed by atoms with Crippen molar-refractivity contribution in [1.29, 1.82) is 0 Å². The monoisotopic (exact) mass is 476 g/mol. The molecule has 2 atom stereocenters. The molecule has 2 bridgehead atoms. The summed E-state index contributed by atoms with van der Waals surface area (Å²) in [6, 6.07) is 14.2. The molecular weight excluding hydrogens is 448 g/mol. The van der Waals surface area contributed by atoms with Gasteiger partial charge in [-0.05, 0) is 48.1 Å². The number of benzene rings is 2. The fourth-order valence-electron chi connectivity index (χ4n) is 5.15. The van der Waals surface area contributed by atoms with E-state index in [4.69, 9.17) is 26.3 Å². The Kier molecular flexibility index (Phi) is 6.19. The number of hydrogen-bond donors (Lipinski definition) is 2. The van der Waals surface area contributed by atoms with Gasteiger partial charge in [-0.25, -0.2) is 4.98 Å². The standard InChI is InChI=1S/C25H23ClN4O2.C2H6/c1-32-23-10-22(30-12-16-5-6-17(13-30)28-16)25-21(29-23)8-15(11-27-25)19-9-18(31)7-14-3-2-4-20(26)24(14)19;1-2/h2-4,7-11,16-17,28,31H,5-6,12-13H2,1H3;1-2H3. The molecule has 4 heterocycles. The number of halogens is 1. The Morgan fingerprint density at radius 3 is 2.59 bits per heavy atom. The molecule has 7 heteroatoms. The van der Waals surface area contributed by atoms with Crippen molar-refractivity contribution in [3.8, 4) is 22.8 Å². The van der Waals surface area contributed by atoms with E-state index in [2.05, 4.69) is 10.2 Å². The third-order valence-electron chi connectivity index (χ3n) is 6.59. The van der Waals surface area contributed by atoms with Gasteiger partial charge in [-0.15, -0.1) is 0 Å². The van der Waals surface area contributed by atoms with Crippen molar-refractivity contribution in [1.82, 2.24) is 15.3 Å².